The van der Waals surface area contributed by atoms with Gasteiger partial charge in [-0.3, -0.25) is 0 Å². The number of rotatable bonds is 6. The van der Waals surface area contributed by atoms with Crippen LogP contribution in [-0.2, 0) is 0 Å². The molecule has 0 saturated heterocycles. The minimum Gasteiger partial charge on any atom is -0.195 e. The summed E-state index contributed by atoms with van der Waals surface area (Å²) in [5, 5.41) is 0. The fourth-order valence-electron chi connectivity index (χ4n) is 4.98. The van der Waals surface area contributed by atoms with Crippen LogP contribution in [0.4, 0.5) is 0 Å². The maximum absolute atomic E-state index is 3.01. The number of hydrogen-bond acceptors (Lipinski definition) is 0. The van der Waals surface area contributed by atoms with E-state index in [4.69, 9.17) is 0 Å². The van der Waals surface area contributed by atoms with Crippen molar-refractivity contribution in [1.29, 1.82) is 0 Å². The summed E-state index contributed by atoms with van der Waals surface area (Å²) >= 11 is 0. The number of nitrogens with zero attached hydrogens (tertiary/aromatic N) is 1. The summed E-state index contributed by atoms with van der Waals surface area (Å²) in [6.07, 6.45) is 2.80. The van der Waals surface area contributed by atoms with Crippen LogP contribution in [0.5, 0.6) is 0 Å². The van der Waals surface area contributed by atoms with E-state index in [1.54, 1.807) is 13.8 Å². The standard InChI is InChI=1S/C24H20B.C15H16N/c1-5-13-21(14-6-1)25(22-15-7-2-8-16-22,23-17-9-3-10-18-23)24-19-11-4-12-20-24;1-5-8-11-14-16(4,13-10-7-3)15-12-9-6-2/h1-20H;7,10H,13H2,1-4H3/q-1;+1. The lowest BCUT2D eigenvalue weighted by atomic mass is 9.13. The third kappa shape index (κ3) is 8.19. The van der Waals surface area contributed by atoms with Crippen molar-refractivity contribution < 1.29 is 4.48 Å². The second-order valence-electron chi connectivity index (χ2n) is 9.68. The molecule has 41 heavy (non-hydrogen) atoms. The van der Waals surface area contributed by atoms with Gasteiger partial charge in [0.1, 0.15) is 12.7 Å². The van der Waals surface area contributed by atoms with Gasteiger partial charge in [-0.2, -0.15) is 26.3 Å². The normalized spacial score (nSPS) is 10.1. The van der Waals surface area contributed by atoms with Gasteiger partial charge in [0.2, 0.25) is 0 Å². The molecule has 1 nitrogen and oxygen atoms in total. The molecular weight excluding hydrogens is 493 g/mol. The first kappa shape index (κ1) is 30.4. The van der Waals surface area contributed by atoms with Crippen LogP contribution in [0.1, 0.15) is 20.8 Å². The molecule has 0 saturated carbocycles. The second-order valence-corrected chi connectivity index (χ2v) is 9.68. The van der Waals surface area contributed by atoms with Crippen molar-refractivity contribution in [3.8, 4) is 47.6 Å². The van der Waals surface area contributed by atoms with E-state index in [0.29, 0.717) is 4.48 Å². The Morgan fingerprint density at radius 3 is 1.12 bits per heavy atom. The Hall–Kier alpha value is -5.12. The zero-order valence-corrected chi connectivity index (χ0v) is 24.4. The van der Waals surface area contributed by atoms with Gasteiger partial charge >= 0.3 is 0 Å². The summed E-state index contributed by atoms with van der Waals surface area (Å²) in [5.41, 5.74) is 5.36. The number of benzene rings is 4. The van der Waals surface area contributed by atoms with E-state index >= 15 is 0 Å². The molecule has 0 aliphatic rings. The molecule has 4 rings (SSSR count). The highest BCUT2D eigenvalue weighted by Crippen LogP contribution is 2.09. The van der Waals surface area contributed by atoms with Gasteiger partial charge in [0.05, 0.1) is 18.9 Å². The van der Waals surface area contributed by atoms with Crippen LogP contribution in [0, 0.1) is 47.6 Å². The fraction of sp³-hybridized carbons (Fsp3) is 0.128. The quantitative estimate of drug-likeness (QED) is 0.142. The van der Waals surface area contributed by atoms with Crippen molar-refractivity contribution in [2.45, 2.75) is 20.8 Å². The number of hydrogen-bond donors (Lipinski definition) is 0. The zero-order chi connectivity index (χ0) is 29.2. The predicted molar refractivity (Wildman–Crippen MR) is 178 cm³/mol. The second kappa shape index (κ2) is 16.1. The largest absolute Gasteiger partial charge is 0.195 e. The summed E-state index contributed by atoms with van der Waals surface area (Å²) in [7, 11) is 1.94. The molecule has 0 atom stereocenters. The summed E-state index contributed by atoms with van der Waals surface area (Å²) in [6.45, 7) is 6.23. The van der Waals surface area contributed by atoms with Gasteiger partial charge in [-0.05, 0) is 38.7 Å². The zero-order valence-electron chi connectivity index (χ0n) is 24.4. The lowest BCUT2D eigenvalue weighted by Gasteiger charge is -2.44. The molecule has 2 heteroatoms. The highest BCUT2D eigenvalue weighted by Gasteiger charge is 2.31. The number of quaternary nitrogens is 1. The average molecular weight is 530 g/mol. The summed E-state index contributed by atoms with van der Waals surface area (Å²) in [6, 6.07) is 49.6. The molecule has 0 aliphatic heterocycles. The Morgan fingerprint density at radius 1 is 0.537 bits per heavy atom. The van der Waals surface area contributed by atoms with E-state index in [9.17, 15) is 0 Å². The molecule has 4 aromatic carbocycles. The van der Waals surface area contributed by atoms with E-state index in [1.807, 2.05) is 26.1 Å². The monoisotopic (exact) mass is 529 g/mol. The van der Waals surface area contributed by atoms with Crippen molar-refractivity contribution in [3.63, 3.8) is 0 Å². The molecule has 200 valence electrons. The Labute approximate surface area is 247 Å². The van der Waals surface area contributed by atoms with Crippen LogP contribution in [-0.4, -0.2) is 24.2 Å². The third-order valence-electron chi connectivity index (χ3n) is 6.88. The molecular formula is C39H36BN. The number of likely N-dealkylation sites (N-methyl/N-ethyl adjacent to an activating group) is 1. The topological polar surface area (TPSA) is 0 Å². The van der Waals surface area contributed by atoms with E-state index in [-0.39, 0.29) is 0 Å². The highest BCUT2D eigenvalue weighted by atomic mass is 15.3. The summed E-state index contributed by atoms with van der Waals surface area (Å²) in [5.74, 6) is 16.5. The molecule has 0 N–H and O–H groups in total. The lowest BCUT2D eigenvalue weighted by molar-refractivity contribution is -0.765. The van der Waals surface area contributed by atoms with Gasteiger partial charge < -0.3 is 0 Å². The van der Waals surface area contributed by atoms with Crippen molar-refractivity contribution in [2.24, 2.45) is 0 Å². The fourth-order valence-corrected chi connectivity index (χ4v) is 4.98. The average Bonchev–Trinajstić information content (AvgIpc) is 3.03. The van der Waals surface area contributed by atoms with Gasteiger partial charge in [-0.25, -0.2) is 0 Å². The Balaban J connectivity index is 0.000000253. The SMILES string of the molecule is CC#CC#C[N+](C)(C#CC#CC)CC=CC.c1ccc([B-](c2ccccc2)(c2ccccc2)c2ccccc2)cc1. The molecule has 0 spiro atoms. The van der Waals surface area contributed by atoms with Crippen LogP contribution in [0.3, 0.4) is 0 Å². The molecule has 0 amide bonds. The van der Waals surface area contributed by atoms with Gasteiger partial charge in [0.15, 0.2) is 12.1 Å². The van der Waals surface area contributed by atoms with Crippen molar-refractivity contribution >= 4 is 28.0 Å². The summed E-state index contributed by atoms with van der Waals surface area (Å²) in [4.78, 5) is 0. The minimum absolute atomic E-state index is 0.313. The minimum atomic E-state index is -1.22. The van der Waals surface area contributed by atoms with Gasteiger partial charge in [-0.15, -0.1) is 0 Å². The first-order valence-electron chi connectivity index (χ1n) is 13.8. The lowest BCUT2D eigenvalue weighted by Crippen LogP contribution is -2.74. The van der Waals surface area contributed by atoms with Crippen molar-refractivity contribution in [2.75, 3.05) is 13.6 Å². The maximum Gasteiger partial charge on any atom is 0.166 e. The smallest absolute Gasteiger partial charge is 0.166 e. The maximum atomic E-state index is 3.01. The van der Waals surface area contributed by atoms with Crippen LogP contribution < -0.4 is 21.9 Å². The van der Waals surface area contributed by atoms with Crippen LogP contribution in [0.25, 0.3) is 0 Å². The van der Waals surface area contributed by atoms with E-state index < -0.39 is 6.15 Å². The highest BCUT2D eigenvalue weighted by molar-refractivity contribution is 7.19. The first-order valence-corrected chi connectivity index (χ1v) is 13.8. The van der Waals surface area contributed by atoms with Crippen molar-refractivity contribution in [1.82, 2.24) is 0 Å². The van der Waals surface area contributed by atoms with E-state index in [1.165, 1.54) is 21.9 Å². The predicted octanol–water partition coefficient (Wildman–Crippen LogP) is 5.04. The summed E-state index contributed by atoms with van der Waals surface area (Å²) < 4.78 is 0.313. The van der Waals surface area contributed by atoms with Crippen molar-refractivity contribution in [3.05, 3.63) is 133 Å². The Kier molecular flexibility index (Phi) is 11.9. The molecule has 0 aromatic heterocycles. The molecule has 0 aliphatic carbocycles. The van der Waals surface area contributed by atoms with Gasteiger partial charge in [0.25, 0.3) is 0 Å². The molecule has 4 aromatic rings. The molecule has 0 radical (unpaired) electrons. The molecule has 0 fully saturated rings. The van der Waals surface area contributed by atoms with Crippen LogP contribution in [0.15, 0.2) is 133 Å². The van der Waals surface area contributed by atoms with Gasteiger partial charge in [-0.1, -0.05) is 139 Å². The first-order chi connectivity index (χ1) is 20.1. The molecule has 0 heterocycles. The van der Waals surface area contributed by atoms with Crippen LogP contribution in [0.2, 0.25) is 0 Å². The van der Waals surface area contributed by atoms with Gasteiger partial charge in [0, 0.05) is 0 Å². The third-order valence-corrected chi connectivity index (χ3v) is 6.88. The molecule has 0 unspecified atom stereocenters. The molecule has 0 bridgehead atoms. The Morgan fingerprint density at radius 2 is 0.854 bits per heavy atom. The van der Waals surface area contributed by atoms with Crippen LogP contribution >= 0.6 is 0 Å². The van der Waals surface area contributed by atoms with E-state index in [0.717, 1.165) is 6.54 Å². The Bertz CT molecular complexity index is 1440. The number of allylic oxidation sites excluding steroid dienone is 1. The van der Waals surface area contributed by atoms with E-state index in [2.05, 4.69) is 169 Å².